The minimum Gasteiger partial charge on any atom is -0.493 e. The van der Waals surface area contributed by atoms with Crippen molar-refractivity contribution in [3.8, 4) is 28.7 Å². The molecule has 0 aliphatic heterocycles. The number of rotatable bonds is 11. The van der Waals surface area contributed by atoms with Gasteiger partial charge in [0.1, 0.15) is 23.8 Å². The zero-order chi connectivity index (χ0) is 29.9. The third kappa shape index (κ3) is 5.51. The Morgan fingerprint density at radius 2 is 1.70 bits per heavy atom. The van der Waals surface area contributed by atoms with Crippen LogP contribution in [0.2, 0.25) is 0 Å². The molecule has 43 heavy (non-hydrogen) atoms. The fraction of sp³-hybridized carbons (Fsp3) is 0.200. The predicted molar refractivity (Wildman–Crippen MR) is 165 cm³/mol. The van der Waals surface area contributed by atoms with Crippen LogP contribution in [0.1, 0.15) is 30.4 Å². The maximum absolute atomic E-state index is 11.7. The summed E-state index contributed by atoms with van der Waals surface area (Å²) in [5, 5.41) is 11.5. The molecule has 218 valence electrons. The zero-order valence-corrected chi connectivity index (χ0v) is 24.2. The summed E-state index contributed by atoms with van der Waals surface area (Å²) in [4.78, 5) is 16.3. The van der Waals surface area contributed by atoms with Gasteiger partial charge in [-0.1, -0.05) is 55.5 Å². The Hall–Kier alpha value is -5.24. The number of aliphatic carboxylic acids is 1. The minimum atomic E-state index is -0.979. The maximum atomic E-state index is 11.7. The van der Waals surface area contributed by atoms with E-state index >= 15 is 0 Å². The van der Waals surface area contributed by atoms with E-state index in [1.54, 1.807) is 14.0 Å². The molecule has 0 saturated carbocycles. The first-order valence-electron chi connectivity index (χ1n) is 14.2. The van der Waals surface area contributed by atoms with E-state index in [0.717, 1.165) is 38.6 Å². The number of benzene rings is 4. The first-order valence-corrected chi connectivity index (χ1v) is 14.2. The van der Waals surface area contributed by atoms with E-state index in [2.05, 4.69) is 15.6 Å². The van der Waals surface area contributed by atoms with Gasteiger partial charge in [-0.25, -0.2) is 9.78 Å². The second kappa shape index (κ2) is 11.9. The Morgan fingerprint density at radius 3 is 2.47 bits per heavy atom. The zero-order valence-electron chi connectivity index (χ0n) is 24.2. The van der Waals surface area contributed by atoms with Crippen molar-refractivity contribution in [1.82, 2.24) is 9.55 Å². The van der Waals surface area contributed by atoms with E-state index in [1.165, 1.54) is 0 Å². The summed E-state index contributed by atoms with van der Waals surface area (Å²) in [6.07, 6.45) is -0.557. The van der Waals surface area contributed by atoms with Crippen LogP contribution in [0.25, 0.3) is 33.3 Å². The highest BCUT2D eigenvalue weighted by Crippen LogP contribution is 2.37. The van der Waals surface area contributed by atoms with Crippen molar-refractivity contribution in [2.75, 3.05) is 7.11 Å². The van der Waals surface area contributed by atoms with Gasteiger partial charge in [0.25, 0.3) is 0 Å². The number of hydrogen-bond acceptors (Lipinski definition) is 6. The van der Waals surface area contributed by atoms with Crippen LogP contribution in [0.4, 0.5) is 0 Å². The molecule has 4 aromatic carbocycles. The molecule has 6 aromatic rings. The van der Waals surface area contributed by atoms with E-state index in [0.29, 0.717) is 41.9 Å². The first-order chi connectivity index (χ1) is 21.0. The number of aromatic nitrogens is 2. The number of ether oxygens (including phenoxy) is 3. The minimum absolute atomic E-state index is 0.239. The number of fused-ring (bicyclic) bond motifs is 3. The van der Waals surface area contributed by atoms with Crippen molar-refractivity contribution in [3.05, 3.63) is 108 Å². The standard InChI is InChI=1S/C35H32N2O6/c1-4-29(35(38)39)43-31-16-10-15-28-33(31)25-13-8-9-14-27(25)37(28)20-23-17-18-30(32(19-23)40-3)41-21-26-22(2)42-34(36-26)24-11-6-5-7-12-24/h5-19,29H,4,20-21H2,1-3H3,(H,38,39)/t29-/m1/s1. The van der Waals surface area contributed by atoms with Crippen LogP contribution in [0.5, 0.6) is 17.2 Å². The van der Waals surface area contributed by atoms with Gasteiger partial charge in [-0.2, -0.15) is 0 Å². The third-order valence-corrected chi connectivity index (χ3v) is 7.52. The highest BCUT2D eigenvalue weighted by Gasteiger charge is 2.21. The molecule has 6 rings (SSSR count). The Morgan fingerprint density at radius 1 is 0.930 bits per heavy atom. The lowest BCUT2D eigenvalue weighted by atomic mass is 10.1. The molecular weight excluding hydrogens is 544 g/mol. The molecule has 8 heteroatoms. The van der Waals surface area contributed by atoms with Gasteiger partial charge in [0.15, 0.2) is 17.6 Å². The molecule has 1 N–H and O–H groups in total. The summed E-state index contributed by atoms with van der Waals surface area (Å²) in [5.41, 5.74) is 4.62. The van der Waals surface area contributed by atoms with Crippen LogP contribution in [-0.2, 0) is 17.9 Å². The van der Waals surface area contributed by atoms with Gasteiger partial charge in [-0.15, -0.1) is 0 Å². The molecule has 2 aromatic heterocycles. The Labute approximate surface area is 249 Å². The summed E-state index contributed by atoms with van der Waals surface area (Å²) in [5.74, 6) is 2.06. The number of oxazole rings is 1. The lowest BCUT2D eigenvalue weighted by Gasteiger charge is -2.15. The van der Waals surface area contributed by atoms with Crippen molar-refractivity contribution in [2.24, 2.45) is 0 Å². The maximum Gasteiger partial charge on any atom is 0.344 e. The van der Waals surface area contributed by atoms with Crippen molar-refractivity contribution in [1.29, 1.82) is 0 Å². The van der Waals surface area contributed by atoms with Gasteiger partial charge in [0, 0.05) is 28.4 Å². The summed E-state index contributed by atoms with van der Waals surface area (Å²) < 4.78 is 25.9. The molecule has 0 unspecified atom stereocenters. The van der Waals surface area contributed by atoms with Gasteiger partial charge in [-0.05, 0) is 61.4 Å². The van der Waals surface area contributed by atoms with Crippen LogP contribution in [-0.4, -0.2) is 33.8 Å². The summed E-state index contributed by atoms with van der Waals surface area (Å²) in [7, 11) is 1.62. The highest BCUT2D eigenvalue weighted by atomic mass is 16.5. The molecule has 8 nitrogen and oxygen atoms in total. The van der Waals surface area contributed by atoms with Gasteiger partial charge >= 0.3 is 5.97 Å². The van der Waals surface area contributed by atoms with Crippen LogP contribution in [0.3, 0.4) is 0 Å². The number of carboxylic acid groups (broad SMARTS) is 1. The van der Waals surface area contributed by atoms with E-state index < -0.39 is 12.1 Å². The molecule has 0 spiro atoms. The van der Waals surface area contributed by atoms with Gasteiger partial charge < -0.3 is 28.3 Å². The molecule has 0 radical (unpaired) electrons. The SMILES string of the molecule is CC[C@@H](Oc1cccc2c1c1ccccc1n2Cc1ccc(OCc2nc(-c3ccccc3)oc2C)c(OC)c1)C(=O)O. The largest absolute Gasteiger partial charge is 0.493 e. The van der Waals surface area contributed by atoms with E-state index in [1.807, 2.05) is 91.9 Å². The molecule has 2 heterocycles. The topological polar surface area (TPSA) is 96.0 Å². The number of para-hydroxylation sites is 1. The van der Waals surface area contributed by atoms with Crippen LogP contribution in [0, 0.1) is 6.92 Å². The van der Waals surface area contributed by atoms with Crippen molar-refractivity contribution < 1.29 is 28.5 Å². The first kappa shape index (κ1) is 27.9. The van der Waals surface area contributed by atoms with Crippen molar-refractivity contribution >= 4 is 27.8 Å². The average molecular weight is 577 g/mol. The predicted octanol–water partition coefficient (Wildman–Crippen LogP) is 7.64. The number of methoxy groups -OCH3 is 1. The Kier molecular flexibility index (Phi) is 7.75. The summed E-state index contributed by atoms with van der Waals surface area (Å²) in [6, 6.07) is 29.5. The molecule has 0 saturated heterocycles. The fourth-order valence-corrected chi connectivity index (χ4v) is 5.32. The monoisotopic (exact) mass is 576 g/mol. The molecule has 0 aliphatic rings. The molecular formula is C35H32N2O6. The number of carbonyl (C=O) groups is 1. The molecule has 0 amide bonds. The van der Waals surface area contributed by atoms with Crippen molar-refractivity contribution in [2.45, 2.75) is 39.5 Å². The smallest absolute Gasteiger partial charge is 0.344 e. The van der Waals surface area contributed by atoms with Crippen LogP contribution >= 0.6 is 0 Å². The molecule has 1 atom stereocenters. The summed E-state index contributed by atoms with van der Waals surface area (Å²) >= 11 is 0. The molecule has 0 aliphatic carbocycles. The fourth-order valence-electron chi connectivity index (χ4n) is 5.32. The lowest BCUT2D eigenvalue weighted by molar-refractivity contribution is -0.145. The van der Waals surface area contributed by atoms with Crippen molar-refractivity contribution in [3.63, 3.8) is 0 Å². The van der Waals surface area contributed by atoms with Crippen LogP contribution in [0.15, 0.2) is 95.4 Å². The molecule has 0 bridgehead atoms. The summed E-state index contributed by atoms with van der Waals surface area (Å²) in [6.45, 7) is 4.48. The number of nitrogens with zero attached hydrogens (tertiary/aromatic N) is 2. The van der Waals surface area contributed by atoms with E-state index in [-0.39, 0.29) is 6.61 Å². The highest BCUT2D eigenvalue weighted by molar-refractivity contribution is 6.11. The second-order valence-corrected chi connectivity index (χ2v) is 10.3. The van der Waals surface area contributed by atoms with Gasteiger partial charge in [0.05, 0.1) is 12.6 Å². The number of carboxylic acids is 1. The quantitative estimate of drug-likeness (QED) is 0.169. The van der Waals surface area contributed by atoms with E-state index in [9.17, 15) is 9.90 Å². The van der Waals surface area contributed by atoms with Gasteiger partial charge in [-0.3, -0.25) is 0 Å². The third-order valence-electron chi connectivity index (χ3n) is 7.52. The number of aryl methyl sites for hydroxylation is 1. The van der Waals surface area contributed by atoms with E-state index in [4.69, 9.17) is 18.6 Å². The lowest BCUT2D eigenvalue weighted by Crippen LogP contribution is -2.25. The Balaban J connectivity index is 1.28. The molecule has 0 fully saturated rings. The number of hydrogen-bond donors (Lipinski definition) is 1. The van der Waals surface area contributed by atoms with Gasteiger partial charge in [0.2, 0.25) is 5.89 Å². The second-order valence-electron chi connectivity index (χ2n) is 10.3. The van der Waals surface area contributed by atoms with Crippen LogP contribution < -0.4 is 14.2 Å². The average Bonchev–Trinajstić information content (AvgIpc) is 3.57. The Bertz CT molecular complexity index is 1910. The normalized spacial score (nSPS) is 12.0.